The maximum atomic E-state index is 13.1. The molecule has 2 aliphatic rings. The third-order valence-corrected chi connectivity index (χ3v) is 7.89. The van der Waals surface area contributed by atoms with Gasteiger partial charge in [-0.3, -0.25) is 4.79 Å². The Labute approximate surface area is 169 Å². The van der Waals surface area contributed by atoms with E-state index in [0.29, 0.717) is 31.0 Å². The molecule has 0 bridgehead atoms. The zero-order valence-corrected chi connectivity index (χ0v) is 18.2. The van der Waals surface area contributed by atoms with Gasteiger partial charge in [-0.05, 0) is 56.6 Å². The predicted molar refractivity (Wildman–Crippen MR) is 111 cm³/mol. The van der Waals surface area contributed by atoms with Crippen LogP contribution in [0.1, 0.15) is 50.2 Å². The number of carbonyl (C=O) groups excluding carboxylic acids is 1. The lowest BCUT2D eigenvalue weighted by Crippen LogP contribution is -2.36. The fourth-order valence-electron chi connectivity index (χ4n) is 4.09. The molecule has 1 aromatic carbocycles. The summed E-state index contributed by atoms with van der Waals surface area (Å²) in [6.07, 6.45) is 5.33. The van der Waals surface area contributed by atoms with Crippen LogP contribution in [0.15, 0.2) is 23.1 Å². The van der Waals surface area contributed by atoms with Crippen LogP contribution in [-0.2, 0) is 27.8 Å². The molecule has 2 aliphatic heterocycles. The molecule has 156 valence electrons. The Hall–Kier alpha value is -1.44. The maximum Gasteiger partial charge on any atom is 0.243 e. The number of sulfonamides is 1. The van der Waals surface area contributed by atoms with E-state index < -0.39 is 10.0 Å². The zero-order chi connectivity index (χ0) is 20.3. The first kappa shape index (κ1) is 21.3. The lowest BCUT2D eigenvalue weighted by atomic mass is 9.99. The number of rotatable bonds is 7. The first-order chi connectivity index (χ1) is 13.3. The quantitative estimate of drug-likeness (QED) is 0.652. The molecule has 0 aliphatic carbocycles. The molecule has 1 aromatic rings. The second kappa shape index (κ2) is 8.93. The van der Waals surface area contributed by atoms with Crippen LogP contribution in [0.2, 0.25) is 0 Å². The first-order valence-corrected chi connectivity index (χ1v) is 11.8. The van der Waals surface area contributed by atoms with E-state index in [2.05, 4.69) is 11.8 Å². The summed E-state index contributed by atoms with van der Waals surface area (Å²) in [5, 5.41) is 0. The number of unbranched alkanes of at least 4 members (excludes halogenated alkanes) is 2. The third kappa shape index (κ3) is 4.58. The summed E-state index contributed by atoms with van der Waals surface area (Å²) < 4.78 is 27.8. The average Bonchev–Trinajstić information content (AvgIpc) is 3.18. The summed E-state index contributed by atoms with van der Waals surface area (Å²) in [5.41, 5.74) is 2.13. The van der Waals surface area contributed by atoms with Crippen LogP contribution < -0.4 is 0 Å². The second-order valence-electron chi connectivity index (χ2n) is 8.22. The molecule has 0 saturated carbocycles. The summed E-state index contributed by atoms with van der Waals surface area (Å²) in [7, 11) is 0.493. The summed E-state index contributed by atoms with van der Waals surface area (Å²) in [4.78, 5) is 16.8. The number of nitrogens with zero attached hydrogens (tertiary/aromatic N) is 3. The smallest absolute Gasteiger partial charge is 0.243 e. The Bertz CT molecular complexity index is 807. The summed E-state index contributed by atoms with van der Waals surface area (Å²) in [6.45, 7) is 4.47. The van der Waals surface area contributed by atoms with Gasteiger partial charge in [-0.2, -0.15) is 4.31 Å². The molecular formula is C21H33N3O3S. The molecule has 28 heavy (non-hydrogen) atoms. The third-order valence-electron chi connectivity index (χ3n) is 6.03. The Morgan fingerprint density at radius 1 is 1.18 bits per heavy atom. The van der Waals surface area contributed by atoms with Crippen LogP contribution in [0.5, 0.6) is 0 Å². The Balaban J connectivity index is 1.73. The minimum Gasteiger partial charge on any atom is -0.338 e. The van der Waals surface area contributed by atoms with E-state index in [-0.39, 0.29) is 11.9 Å². The number of fused-ring (bicyclic) bond motifs is 1. The summed E-state index contributed by atoms with van der Waals surface area (Å²) in [6, 6.07) is 5.72. The number of benzene rings is 1. The van der Waals surface area contributed by atoms with Crippen molar-refractivity contribution in [2.24, 2.45) is 0 Å². The van der Waals surface area contributed by atoms with Gasteiger partial charge in [0, 0.05) is 38.6 Å². The molecule has 0 N–H and O–H groups in total. The van der Waals surface area contributed by atoms with Crippen molar-refractivity contribution in [3.8, 4) is 0 Å². The van der Waals surface area contributed by atoms with Crippen molar-refractivity contribution in [3.63, 3.8) is 0 Å². The molecule has 3 rings (SSSR count). The normalized spacial score (nSPS) is 20.6. The minimum atomic E-state index is -3.49. The monoisotopic (exact) mass is 407 g/mol. The molecule has 1 amide bonds. The standard InChI is InChI=1S/C21H33N3O3S/c1-4-5-6-7-21(25)23-12-10-17-8-9-20(14-18(17)15-23)28(26,27)24-13-11-19(16-24)22(2)3/h8-9,14,19H,4-7,10-13,15-16H2,1-3H3/t19-/m0/s1. The number of hydrogen-bond donors (Lipinski definition) is 0. The van der Waals surface area contributed by atoms with E-state index in [0.717, 1.165) is 49.8 Å². The van der Waals surface area contributed by atoms with Gasteiger partial charge in [-0.25, -0.2) is 8.42 Å². The van der Waals surface area contributed by atoms with Crippen LogP contribution in [-0.4, -0.2) is 68.2 Å². The number of hydrogen-bond acceptors (Lipinski definition) is 4. The molecular weight excluding hydrogens is 374 g/mol. The maximum absolute atomic E-state index is 13.1. The molecule has 1 atom stereocenters. The van der Waals surface area contributed by atoms with Crippen LogP contribution in [0.3, 0.4) is 0 Å². The summed E-state index contributed by atoms with van der Waals surface area (Å²) >= 11 is 0. The molecule has 0 radical (unpaired) electrons. The Kier molecular flexibility index (Phi) is 6.78. The molecule has 7 heteroatoms. The van der Waals surface area contributed by atoms with Crippen LogP contribution in [0.25, 0.3) is 0 Å². The number of amides is 1. The molecule has 1 fully saturated rings. The average molecular weight is 408 g/mol. The highest BCUT2D eigenvalue weighted by atomic mass is 32.2. The largest absolute Gasteiger partial charge is 0.338 e. The van der Waals surface area contributed by atoms with Crippen molar-refractivity contribution >= 4 is 15.9 Å². The van der Waals surface area contributed by atoms with Crippen LogP contribution >= 0.6 is 0 Å². The highest BCUT2D eigenvalue weighted by Gasteiger charge is 2.34. The summed E-state index contributed by atoms with van der Waals surface area (Å²) in [5.74, 6) is 0.181. The highest BCUT2D eigenvalue weighted by molar-refractivity contribution is 7.89. The second-order valence-corrected chi connectivity index (χ2v) is 10.2. The molecule has 0 unspecified atom stereocenters. The number of likely N-dealkylation sites (N-methyl/N-ethyl adjacent to an activating group) is 1. The van der Waals surface area contributed by atoms with Gasteiger partial charge in [0.25, 0.3) is 0 Å². The number of carbonyl (C=O) groups is 1. The van der Waals surface area contributed by atoms with Crippen molar-refractivity contribution in [2.75, 3.05) is 33.7 Å². The topological polar surface area (TPSA) is 60.9 Å². The van der Waals surface area contributed by atoms with Gasteiger partial charge >= 0.3 is 0 Å². The molecule has 0 spiro atoms. The van der Waals surface area contributed by atoms with Gasteiger partial charge < -0.3 is 9.80 Å². The fraction of sp³-hybridized carbons (Fsp3) is 0.667. The van der Waals surface area contributed by atoms with Gasteiger partial charge in [-0.15, -0.1) is 0 Å². The van der Waals surface area contributed by atoms with E-state index >= 15 is 0 Å². The van der Waals surface area contributed by atoms with Gasteiger partial charge in [0.2, 0.25) is 15.9 Å². The van der Waals surface area contributed by atoms with Crippen molar-refractivity contribution in [2.45, 2.75) is 62.9 Å². The zero-order valence-electron chi connectivity index (χ0n) is 17.4. The van der Waals surface area contributed by atoms with Crippen molar-refractivity contribution in [1.29, 1.82) is 0 Å². The van der Waals surface area contributed by atoms with Gasteiger partial charge in [0.05, 0.1) is 4.90 Å². The SMILES string of the molecule is CCCCCC(=O)N1CCc2ccc(S(=O)(=O)N3CC[C@H](N(C)C)C3)cc2C1. The molecule has 2 heterocycles. The first-order valence-electron chi connectivity index (χ1n) is 10.4. The van der Waals surface area contributed by atoms with Gasteiger partial charge in [0.1, 0.15) is 0 Å². The Morgan fingerprint density at radius 2 is 1.96 bits per heavy atom. The lowest BCUT2D eigenvalue weighted by Gasteiger charge is -2.29. The van der Waals surface area contributed by atoms with Crippen molar-refractivity contribution in [3.05, 3.63) is 29.3 Å². The fourth-order valence-corrected chi connectivity index (χ4v) is 5.63. The highest BCUT2D eigenvalue weighted by Crippen LogP contribution is 2.27. The van der Waals surface area contributed by atoms with E-state index in [1.54, 1.807) is 16.4 Å². The molecule has 0 aromatic heterocycles. The van der Waals surface area contributed by atoms with Crippen molar-refractivity contribution in [1.82, 2.24) is 14.1 Å². The van der Waals surface area contributed by atoms with Crippen molar-refractivity contribution < 1.29 is 13.2 Å². The van der Waals surface area contributed by atoms with Crippen LogP contribution in [0.4, 0.5) is 0 Å². The van der Waals surface area contributed by atoms with Gasteiger partial charge in [0.15, 0.2) is 0 Å². The lowest BCUT2D eigenvalue weighted by molar-refractivity contribution is -0.132. The molecule has 1 saturated heterocycles. The predicted octanol–water partition coefficient (Wildman–Crippen LogP) is 2.48. The van der Waals surface area contributed by atoms with E-state index in [1.807, 2.05) is 25.1 Å². The van der Waals surface area contributed by atoms with E-state index in [4.69, 9.17) is 0 Å². The van der Waals surface area contributed by atoms with Gasteiger partial charge in [-0.1, -0.05) is 25.8 Å². The van der Waals surface area contributed by atoms with Crippen LogP contribution in [0, 0.1) is 0 Å². The molecule has 6 nitrogen and oxygen atoms in total. The van der Waals surface area contributed by atoms with E-state index in [9.17, 15) is 13.2 Å². The minimum absolute atomic E-state index is 0.181. The van der Waals surface area contributed by atoms with E-state index in [1.165, 1.54) is 0 Å². The Morgan fingerprint density at radius 3 is 2.64 bits per heavy atom.